The van der Waals surface area contributed by atoms with Crippen LogP contribution in [0.25, 0.3) is 0 Å². The predicted octanol–water partition coefficient (Wildman–Crippen LogP) is 2.60. The van der Waals surface area contributed by atoms with E-state index in [4.69, 9.17) is 10.5 Å². The lowest BCUT2D eigenvalue weighted by molar-refractivity contribution is 0.285. The highest BCUT2D eigenvalue weighted by Crippen LogP contribution is 2.30. The van der Waals surface area contributed by atoms with Crippen molar-refractivity contribution < 1.29 is 9.13 Å². The number of hydrogen-bond acceptors (Lipinski definition) is 2. The summed E-state index contributed by atoms with van der Waals surface area (Å²) in [7, 11) is 0. The first-order valence-corrected chi connectivity index (χ1v) is 7.08. The van der Waals surface area contributed by atoms with E-state index in [0.29, 0.717) is 30.8 Å². The average molecular weight is 279 g/mol. The van der Waals surface area contributed by atoms with Crippen LogP contribution in [-0.4, -0.2) is 19.1 Å². The molecule has 1 fully saturated rings. The van der Waals surface area contributed by atoms with Gasteiger partial charge in [-0.15, -0.1) is 0 Å². The Labute approximate surface area is 119 Å². The van der Waals surface area contributed by atoms with Crippen molar-refractivity contribution in [2.24, 2.45) is 16.6 Å². The first-order valence-electron chi connectivity index (χ1n) is 7.08. The Morgan fingerprint density at radius 2 is 2.30 bits per heavy atom. The number of aliphatic imine (C=N–C) groups is 1. The summed E-state index contributed by atoms with van der Waals surface area (Å²) in [6.07, 6.45) is 2.38. The molecule has 5 heteroatoms. The summed E-state index contributed by atoms with van der Waals surface area (Å²) < 4.78 is 19.4. The molecule has 0 radical (unpaired) electrons. The molecule has 0 bridgehead atoms. The van der Waals surface area contributed by atoms with Gasteiger partial charge in [-0.25, -0.2) is 4.39 Å². The van der Waals surface area contributed by atoms with Crippen molar-refractivity contribution in [3.05, 3.63) is 29.6 Å². The van der Waals surface area contributed by atoms with Gasteiger partial charge < -0.3 is 15.8 Å². The lowest BCUT2D eigenvalue weighted by atomic mass is 10.1. The van der Waals surface area contributed by atoms with E-state index >= 15 is 0 Å². The summed E-state index contributed by atoms with van der Waals surface area (Å²) in [6.45, 7) is 5.05. The topological polar surface area (TPSA) is 59.6 Å². The van der Waals surface area contributed by atoms with Crippen molar-refractivity contribution in [3.8, 4) is 5.75 Å². The van der Waals surface area contributed by atoms with E-state index in [9.17, 15) is 4.39 Å². The van der Waals surface area contributed by atoms with Crippen molar-refractivity contribution in [1.82, 2.24) is 5.32 Å². The summed E-state index contributed by atoms with van der Waals surface area (Å²) in [5.74, 6) is 0.972. The highest BCUT2D eigenvalue weighted by molar-refractivity contribution is 5.78. The maximum absolute atomic E-state index is 14.0. The van der Waals surface area contributed by atoms with E-state index in [1.165, 1.54) is 18.9 Å². The zero-order valence-corrected chi connectivity index (χ0v) is 12.0. The number of hydrogen-bond donors (Lipinski definition) is 2. The average Bonchev–Trinajstić information content (AvgIpc) is 3.21. The zero-order valence-electron chi connectivity index (χ0n) is 12.0. The highest BCUT2D eigenvalue weighted by atomic mass is 19.1. The molecule has 0 saturated heterocycles. The molecule has 4 nitrogen and oxygen atoms in total. The molecule has 0 amide bonds. The van der Waals surface area contributed by atoms with Crippen molar-refractivity contribution in [1.29, 1.82) is 0 Å². The number of ether oxygens (including phenoxy) is 1. The van der Waals surface area contributed by atoms with Gasteiger partial charge in [0.25, 0.3) is 0 Å². The van der Waals surface area contributed by atoms with Gasteiger partial charge in [0.2, 0.25) is 0 Å². The van der Waals surface area contributed by atoms with Gasteiger partial charge in [0, 0.05) is 6.54 Å². The first-order chi connectivity index (χ1) is 9.60. The van der Waals surface area contributed by atoms with Gasteiger partial charge >= 0.3 is 0 Å². The fourth-order valence-electron chi connectivity index (χ4n) is 1.92. The molecule has 0 heterocycles. The van der Waals surface area contributed by atoms with Crippen LogP contribution in [0.15, 0.2) is 23.2 Å². The molecule has 0 spiro atoms. The van der Waals surface area contributed by atoms with Gasteiger partial charge in [0.1, 0.15) is 0 Å². The van der Waals surface area contributed by atoms with Gasteiger partial charge in [-0.3, -0.25) is 4.99 Å². The van der Waals surface area contributed by atoms with Crippen LogP contribution in [0.4, 0.5) is 4.39 Å². The van der Waals surface area contributed by atoms with Crippen LogP contribution in [0.1, 0.15) is 38.3 Å². The molecule has 1 aliphatic carbocycles. The SMILES string of the molecule is CCN=C(N)NC(C)c1ccc(OCC2CC2)c(F)c1. The van der Waals surface area contributed by atoms with Gasteiger partial charge in [0.05, 0.1) is 12.6 Å². The van der Waals surface area contributed by atoms with Crippen molar-refractivity contribution in [2.75, 3.05) is 13.2 Å². The van der Waals surface area contributed by atoms with Crippen LogP contribution in [0.5, 0.6) is 5.75 Å². The third-order valence-corrected chi connectivity index (χ3v) is 3.32. The Balaban J connectivity index is 1.97. The van der Waals surface area contributed by atoms with Gasteiger partial charge in [0.15, 0.2) is 17.5 Å². The van der Waals surface area contributed by atoms with Crippen LogP contribution in [0.2, 0.25) is 0 Å². The molecule has 1 unspecified atom stereocenters. The van der Waals surface area contributed by atoms with Gasteiger partial charge in [-0.05, 0) is 50.3 Å². The van der Waals surface area contributed by atoms with Crippen LogP contribution in [0.3, 0.4) is 0 Å². The molecule has 1 aromatic rings. The van der Waals surface area contributed by atoms with Gasteiger partial charge in [-0.1, -0.05) is 6.07 Å². The minimum Gasteiger partial charge on any atom is -0.490 e. The number of nitrogens with two attached hydrogens (primary N) is 1. The smallest absolute Gasteiger partial charge is 0.189 e. The van der Waals surface area contributed by atoms with E-state index in [1.807, 2.05) is 19.9 Å². The number of nitrogens with one attached hydrogen (secondary N) is 1. The standard InChI is InChI=1S/C15H22FN3O/c1-3-18-15(17)19-10(2)12-6-7-14(13(16)8-12)20-9-11-4-5-11/h6-8,10-11H,3-5,9H2,1-2H3,(H3,17,18,19). The Morgan fingerprint density at radius 3 is 2.90 bits per heavy atom. The fraction of sp³-hybridized carbons (Fsp3) is 0.533. The molecule has 0 aromatic heterocycles. The summed E-state index contributed by atoms with van der Waals surface area (Å²) in [5, 5.41) is 3.02. The highest BCUT2D eigenvalue weighted by Gasteiger charge is 2.22. The molecule has 1 aliphatic rings. The van der Waals surface area contributed by atoms with E-state index in [2.05, 4.69) is 10.3 Å². The zero-order chi connectivity index (χ0) is 14.5. The Kier molecular flexibility index (Phi) is 4.82. The minimum absolute atomic E-state index is 0.0997. The largest absolute Gasteiger partial charge is 0.490 e. The molecule has 1 aromatic carbocycles. The lowest BCUT2D eigenvalue weighted by Crippen LogP contribution is -2.33. The number of rotatable bonds is 6. The summed E-state index contributed by atoms with van der Waals surface area (Å²) in [4.78, 5) is 4.05. The molecular formula is C15H22FN3O. The van der Waals surface area contributed by atoms with E-state index < -0.39 is 0 Å². The molecule has 1 saturated carbocycles. The molecule has 0 aliphatic heterocycles. The molecule has 1 atom stereocenters. The third-order valence-electron chi connectivity index (χ3n) is 3.32. The number of nitrogens with zero attached hydrogens (tertiary/aromatic N) is 1. The van der Waals surface area contributed by atoms with E-state index in [-0.39, 0.29) is 11.9 Å². The lowest BCUT2D eigenvalue weighted by Gasteiger charge is -2.16. The first kappa shape index (κ1) is 14.6. The quantitative estimate of drug-likeness (QED) is 0.621. The summed E-state index contributed by atoms with van der Waals surface area (Å²) in [6, 6.07) is 4.91. The van der Waals surface area contributed by atoms with Gasteiger partial charge in [-0.2, -0.15) is 0 Å². The Hall–Kier alpha value is -1.78. The second-order valence-electron chi connectivity index (χ2n) is 5.17. The van der Waals surface area contributed by atoms with Crippen LogP contribution in [-0.2, 0) is 0 Å². The second kappa shape index (κ2) is 6.59. The maximum atomic E-state index is 14.0. The molecule has 2 rings (SSSR count). The predicted molar refractivity (Wildman–Crippen MR) is 78.3 cm³/mol. The normalized spacial score (nSPS) is 16.9. The van der Waals surface area contributed by atoms with E-state index in [1.54, 1.807) is 6.07 Å². The van der Waals surface area contributed by atoms with Crippen molar-refractivity contribution in [2.45, 2.75) is 32.7 Å². The molecular weight excluding hydrogens is 257 g/mol. The van der Waals surface area contributed by atoms with Crippen molar-refractivity contribution >= 4 is 5.96 Å². The number of benzene rings is 1. The molecule has 3 N–H and O–H groups in total. The molecule has 20 heavy (non-hydrogen) atoms. The number of guanidine groups is 1. The fourth-order valence-corrected chi connectivity index (χ4v) is 1.92. The maximum Gasteiger partial charge on any atom is 0.189 e. The Morgan fingerprint density at radius 1 is 1.55 bits per heavy atom. The molecule has 110 valence electrons. The van der Waals surface area contributed by atoms with Crippen LogP contribution >= 0.6 is 0 Å². The summed E-state index contributed by atoms with van der Waals surface area (Å²) in [5.41, 5.74) is 6.51. The van der Waals surface area contributed by atoms with Crippen LogP contribution < -0.4 is 15.8 Å². The second-order valence-corrected chi connectivity index (χ2v) is 5.17. The van der Waals surface area contributed by atoms with Crippen LogP contribution in [0, 0.1) is 11.7 Å². The van der Waals surface area contributed by atoms with E-state index in [0.717, 1.165) is 5.56 Å². The monoisotopic (exact) mass is 279 g/mol. The minimum atomic E-state index is -0.331. The Bertz CT molecular complexity index is 486. The summed E-state index contributed by atoms with van der Waals surface area (Å²) >= 11 is 0. The number of halogens is 1. The van der Waals surface area contributed by atoms with Crippen molar-refractivity contribution in [3.63, 3.8) is 0 Å². The third kappa shape index (κ3) is 4.11.